The van der Waals surface area contributed by atoms with Gasteiger partial charge in [0.25, 0.3) is 11.6 Å². The number of nitro benzene ring substituents is 1. The fourth-order valence-corrected chi connectivity index (χ4v) is 3.20. The Kier molecular flexibility index (Phi) is 6.40. The van der Waals surface area contributed by atoms with Crippen molar-refractivity contribution in [3.63, 3.8) is 0 Å². The molecule has 2 aromatic carbocycles. The highest BCUT2D eigenvalue weighted by Gasteiger charge is 2.23. The molecule has 31 heavy (non-hydrogen) atoms. The minimum atomic E-state index is -0.529. The number of nitrogens with zero attached hydrogens (tertiary/aromatic N) is 3. The number of hydrogen-bond acceptors (Lipinski definition) is 6. The predicted octanol–water partition coefficient (Wildman–Crippen LogP) is 3.78. The Balaban J connectivity index is 1.93. The first kappa shape index (κ1) is 21.6. The number of ketones is 1. The van der Waals surface area contributed by atoms with Gasteiger partial charge in [0.1, 0.15) is 5.69 Å². The van der Waals surface area contributed by atoms with E-state index in [9.17, 15) is 19.7 Å². The molecule has 0 aliphatic heterocycles. The summed E-state index contributed by atoms with van der Waals surface area (Å²) in [5, 5.41) is 14.3. The van der Waals surface area contributed by atoms with E-state index in [-0.39, 0.29) is 28.4 Å². The summed E-state index contributed by atoms with van der Waals surface area (Å²) >= 11 is 0. The number of hydrogen-bond donors (Lipinski definition) is 1. The number of carbonyl (C=O) groups is 2. The van der Waals surface area contributed by atoms with Gasteiger partial charge in [0.05, 0.1) is 22.2 Å². The van der Waals surface area contributed by atoms with Crippen LogP contribution in [0.5, 0.6) is 0 Å². The molecule has 158 valence electrons. The number of benzene rings is 2. The van der Waals surface area contributed by atoms with Gasteiger partial charge in [-0.2, -0.15) is 0 Å². The SMILES string of the molecule is CC(NC(=O)c1ccccc1C(=O)c1ccc(N(C)C)c([N+](=O)[O-])c1)c1ccccn1. The molecular weight excluding hydrogens is 396 g/mol. The van der Waals surface area contributed by atoms with E-state index in [0.29, 0.717) is 11.4 Å². The molecule has 3 aromatic rings. The van der Waals surface area contributed by atoms with Crippen LogP contribution < -0.4 is 10.2 Å². The van der Waals surface area contributed by atoms with E-state index in [1.54, 1.807) is 62.4 Å². The first-order chi connectivity index (χ1) is 14.8. The quantitative estimate of drug-likeness (QED) is 0.356. The molecule has 0 fully saturated rings. The van der Waals surface area contributed by atoms with E-state index >= 15 is 0 Å². The largest absolute Gasteiger partial charge is 0.372 e. The molecule has 8 nitrogen and oxygen atoms in total. The Morgan fingerprint density at radius 3 is 2.32 bits per heavy atom. The lowest BCUT2D eigenvalue weighted by atomic mass is 9.97. The minimum Gasteiger partial charge on any atom is -0.372 e. The highest BCUT2D eigenvalue weighted by Crippen LogP contribution is 2.29. The van der Waals surface area contributed by atoms with Crippen LogP contribution in [0.25, 0.3) is 0 Å². The van der Waals surface area contributed by atoms with E-state index in [1.807, 2.05) is 6.07 Å². The zero-order valence-corrected chi connectivity index (χ0v) is 17.4. The van der Waals surface area contributed by atoms with Crippen LogP contribution in [0.1, 0.15) is 44.9 Å². The van der Waals surface area contributed by atoms with Crippen molar-refractivity contribution >= 4 is 23.1 Å². The minimum absolute atomic E-state index is 0.135. The average molecular weight is 418 g/mol. The lowest BCUT2D eigenvalue weighted by molar-refractivity contribution is -0.384. The normalized spacial score (nSPS) is 11.5. The van der Waals surface area contributed by atoms with Crippen LogP contribution in [0.2, 0.25) is 0 Å². The topological polar surface area (TPSA) is 105 Å². The molecule has 1 atom stereocenters. The van der Waals surface area contributed by atoms with E-state index < -0.39 is 16.6 Å². The Labute approximate surface area is 179 Å². The van der Waals surface area contributed by atoms with Crippen LogP contribution in [-0.4, -0.2) is 35.7 Å². The van der Waals surface area contributed by atoms with Gasteiger partial charge in [-0.1, -0.05) is 24.3 Å². The van der Waals surface area contributed by atoms with Crippen molar-refractivity contribution in [2.24, 2.45) is 0 Å². The highest BCUT2D eigenvalue weighted by atomic mass is 16.6. The maximum absolute atomic E-state index is 13.2. The molecule has 1 heterocycles. The van der Waals surface area contributed by atoms with Gasteiger partial charge in [-0.3, -0.25) is 24.7 Å². The second-order valence-electron chi connectivity index (χ2n) is 7.18. The number of carbonyl (C=O) groups excluding carboxylic acids is 2. The van der Waals surface area contributed by atoms with Crippen molar-refractivity contribution in [3.8, 4) is 0 Å². The molecule has 1 aromatic heterocycles. The number of pyridine rings is 1. The lowest BCUT2D eigenvalue weighted by Crippen LogP contribution is -2.28. The van der Waals surface area contributed by atoms with Gasteiger partial charge in [0, 0.05) is 37.5 Å². The molecule has 0 spiro atoms. The zero-order chi connectivity index (χ0) is 22.5. The third kappa shape index (κ3) is 4.75. The van der Waals surface area contributed by atoms with Gasteiger partial charge in [-0.15, -0.1) is 0 Å². The van der Waals surface area contributed by atoms with Crippen LogP contribution >= 0.6 is 0 Å². The molecule has 0 radical (unpaired) electrons. The second-order valence-corrected chi connectivity index (χ2v) is 7.18. The summed E-state index contributed by atoms with van der Waals surface area (Å²) in [5.74, 6) is -0.897. The molecule has 8 heteroatoms. The summed E-state index contributed by atoms with van der Waals surface area (Å²) in [4.78, 5) is 42.8. The predicted molar refractivity (Wildman–Crippen MR) is 117 cm³/mol. The maximum atomic E-state index is 13.2. The van der Waals surface area contributed by atoms with E-state index in [0.717, 1.165) is 0 Å². The summed E-state index contributed by atoms with van der Waals surface area (Å²) in [6.45, 7) is 1.80. The molecular formula is C23H22N4O4. The van der Waals surface area contributed by atoms with Crippen molar-refractivity contribution in [2.75, 3.05) is 19.0 Å². The van der Waals surface area contributed by atoms with Crippen molar-refractivity contribution < 1.29 is 14.5 Å². The summed E-state index contributed by atoms with van der Waals surface area (Å²) in [6.07, 6.45) is 1.64. The molecule has 1 unspecified atom stereocenters. The molecule has 1 N–H and O–H groups in total. The van der Waals surface area contributed by atoms with Crippen LogP contribution in [0.3, 0.4) is 0 Å². The number of amides is 1. The fourth-order valence-electron chi connectivity index (χ4n) is 3.20. The van der Waals surface area contributed by atoms with Crippen LogP contribution in [0.4, 0.5) is 11.4 Å². The number of anilines is 1. The zero-order valence-electron chi connectivity index (χ0n) is 17.4. The summed E-state index contributed by atoms with van der Waals surface area (Å²) in [7, 11) is 3.37. The van der Waals surface area contributed by atoms with Crippen LogP contribution in [0.15, 0.2) is 66.9 Å². The molecule has 0 saturated heterocycles. The standard InChI is InChI=1S/C23H22N4O4/c1-15(19-10-6-7-13-24-19)25-23(29)18-9-5-4-8-17(18)22(28)16-11-12-20(26(2)3)21(14-16)27(30)31/h4-15H,1-3H3,(H,25,29). The Hall–Kier alpha value is -4.07. The first-order valence-electron chi connectivity index (χ1n) is 9.61. The monoisotopic (exact) mass is 418 g/mol. The smallest absolute Gasteiger partial charge is 0.293 e. The third-order valence-corrected chi connectivity index (χ3v) is 4.81. The average Bonchev–Trinajstić information content (AvgIpc) is 2.78. The van der Waals surface area contributed by atoms with Crippen molar-refractivity contribution in [1.82, 2.24) is 10.3 Å². The lowest BCUT2D eigenvalue weighted by Gasteiger charge is -2.16. The number of rotatable bonds is 7. The van der Waals surface area contributed by atoms with Crippen molar-refractivity contribution in [2.45, 2.75) is 13.0 Å². The molecule has 0 saturated carbocycles. The van der Waals surface area contributed by atoms with Crippen LogP contribution in [0, 0.1) is 10.1 Å². The number of aromatic nitrogens is 1. The summed E-state index contributed by atoms with van der Waals surface area (Å²) in [6, 6.07) is 15.7. The Bertz CT molecular complexity index is 1130. The Morgan fingerprint density at radius 2 is 1.71 bits per heavy atom. The van der Waals surface area contributed by atoms with Gasteiger partial charge in [0.15, 0.2) is 5.78 Å². The van der Waals surface area contributed by atoms with E-state index in [2.05, 4.69) is 10.3 Å². The number of nitro groups is 1. The van der Waals surface area contributed by atoms with Gasteiger partial charge >= 0.3 is 0 Å². The fraction of sp³-hybridized carbons (Fsp3) is 0.174. The number of nitrogens with one attached hydrogen (secondary N) is 1. The van der Waals surface area contributed by atoms with Crippen LogP contribution in [-0.2, 0) is 0 Å². The first-order valence-corrected chi connectivity index (χ1v) is 9.61. The molecule has 1 amide bonds. The van der Waals surface area contributed by atoms with Crippen molar-refractivity contribution in [1.29, 1.82) is 0 Å². The molecule has 3 rings (SSSR count). The van der Waals surface area contributed by atoms with Gasteiger partial charge in [0.2, 0.25) is 0 Å². The van der Waals surface area contributed by atoms with Gasteiger partial charge < -0.3 is 10.2 Å². The summed E-state index contributed by atoms with van der Waals surface area (Å²) in [5.41, 5.74) is 1.39. The van der Waals surface area contributed by atoms with Gasteiger partial charge in [-0.25, -0.2) is 0 Å². The van der Waals surface area contributed by atoms with E-state index in [1.165, 1.54) is 24.3 Å². The molecule has 0 aliphatic carbocycles. The second kappa shape index (κ2) is 9.17. The molecule has 0 bridgehead atoms. The van der Waals surface area contributed by atoms with E-state index in [4.69, 9.17) is 0 Å². The maximum Gasteiger partial charge on any atom is 0.293 e. The molecule has 0 aliphatic rings. The third-order valence-electron chi connectivity index (χ3n) is 4.81. The van der Waals surface area contributed by atoms with Gasteiger partial charge in [-0.05, 0) is 37.3 Å². The highest BCUT2D eigenvalue weighted by molar-refractivity contribution is 6.15. The summed E-state index contributed by atoms with van der Waals surface area (Å²) < 4.78 is 0. The Morgan fingerprint density at radius 1 is 1.03 bits per heavy atom. The van der Waals surface area contributed by atoms with Crippen molar-refractivity contribution in [3.05, 3.63) is 99.4 Å².